The number of hydrogen-bond donors (Lipinski definition) is 1. The molecule has 23 heavy (non-hydrogen) atoms. The summed E-state index contributed by atoms with van der Waals surface area (Å²) in [5.74, 6) is 0.609. The lowest BCUT2D eigenvalue weighted by molar-refractivity contribution is 0.154. The third-order valence-electron chi connectivity index (χ3n) is 4.20. The first-order chi connectivity index (χ1) is 11.2. The summed E-state index contributed by atoms with van der Waals surface area (Å²) in [7, 11) is 0. The number of nitrogens with zero attached hydrogens (tertiary/aromatic N) is 3. The summed E-state index contributed by atoms with van der Waals surface area (Å²) >= 11 is 1.56. The van der Waals surface area contributed by atoms with Crippen LogP contribution in [0.1, 0.15) is 12.8 Å². The van der Waals surface area contributed by atoms with Crippen LogP contribution in [0.4, 0.5) is 10.2 Å². The summed E-state index contributed by atoms with van der Waals surface area (Å²) in [6, 6.07) is 6.48. The van der Waals surface area contributed by atoms with Gasteiger partial charge in [0.2, 0.25) is 0 Å². The largest absolute Gasteiger partial charge is 0.391 e. The molecule has 0 saturated carbocycles. The van der Waals surface area contributed by atoms with E-state index in [-0.39, 0.29) is 11.9 Å². The molecule has 1 fully saturated rings. The van der Waals surface area contributed by atoms with Crippen LogP contribution in [0.25, 0.3) is 21.3 Å². The van der Waals surface area contributed by atoms with Crippen LogP contribution in [0.2, 0.25) is 0 Å². The molecular weight excluding hydrogens is 313 g/mol. The number of β-amino-alcohol motifs (C(OH)–C–C–N with tert-alkyl or cyclic N) is 1. The third-order valence-corrected chi connectivity index (χ3v) is 5.09. The Morgan fingerprint density at radius 1 is 1.22 bits per heavy atom. The highest BCUT2D eigenvalue weighted by Gasteiger charge is 2.23. The second-order valence-corrected chi connectivity index (χ2v) is 6.63. The molecule has 1 aliphatic rings. The van der Waals surface area contributed by atoms with E-state index >= 15 is 0 Å². The van der Waals surface area contributed by atoms with Crippen LogP contribution in [0.5, 0.6) is 0 Å². The zero-order valence-electron chi connectivity index (χ0n) is 12.4. The van der Waals surface area contributed by atoms with Gasteiger partial charge in [0.05, 0.1) is 11.5 Å². The van der Waals surface area contributed by atoms with Crippen LogP contribution in [0.15, 0.2) is 36.0 Å². The van der Waals surface area contributed by atoms with E-state index < -0.39 is 0 Å². The topological polar surface area (TPSA) is 49.2 Å². The Hall–Kier alpha value is -2.05. The molecule has 1 saturated heterocycles. The lowest BCUT2D eigenvalue weighted by Gasteiger charge is -2.31. The third kappa shape index (κ3) is 2.68. The van der Waals surface area contributed by atoms with Gasteiger partial charge < -0.3 is 10.0 Å². The van der Waals surface area contributed by atoms with Crippen molar-refractivity contribution in [3.05, 3.63) is 41.8 Å². The van der Waals surface area contributed by atoms with E-state index in [4.69, 9.17) is 0 Å². The molecule has 3 aromatic rings. The number of hydrogen-bond acceptors (Lipinski definition) is 5. The van der Waals surface area contributed by atoms with Crippen molar-refractivity contribution in [3.63, 3.8) is 0 Å². The van der Waals surface area contributed by atoms with Gasteiger partial charge in [-0.05, 0) is 30.5 Å². The fraction of sp³-hybridized carbons (Fsp3) is 0.294. The number of rotatable bonds is 2. The zero-order valence-corrected chi connectivity index (χ0v) is 13.3. The molecule has 0 unspecified atom stereocenters. The monoisotopic (exact) mass is 329 g/mol. The number of piperidine rings is 1. The Morgan fingerprint density at radius 3 is 2.83 bits per heavy atom. The van der Waals surface area contributed by atoms with Crippen LogP contribution in [0.3, 0.4) is 0 Å². The molecule has 0 spiro atoms. The molecule has 0 bridgehead atoms. The predicted molar refractivity (Wildman–Crippen MR) is 90.3 cm³/mol. The number of anilines is 1. The van der Waals surface area contributed by atoms with Crippen molar-refractivity contribution in [2.45, 2.75) is 18.9 Å². The highest BCUT2D eigenvalue weighted by atomic mass is 32.1. The Kier molecular flexibility index (Phi) is 3.71. The molecule has 0 amide bonds. The summed E-state index contributed by atoms with van der Waals surface area (Å²) in [5.41, 5.74) is 1.96. The molecule has 6 heteroatoms. The van der Waals surface area contributed by atoms with Crippen molar-refractivity contribution >= 4 is 27.4 Å². The van der Waals surface area contributed by atoms with E-state index in [0.717, 1.165) is 46.5 Å². The molecule has 2 aromatic heterocycles. The Bertz CT molecular complexity index is 833. The highest BCUT2D eigenvalue weighted by molar-refractivity contribution is 7.17. The van der Waals surface area contributed by atoms with Gasteiger partial charge in [0.15, 0.2) is 0 Å². The van der Waals surface area contributed by atoms with Gasteiger partial charge in [-0.1, -0.05) is 12.1 Å². The fourth-order valence-corrected chi connectivity index (χ4v) is 4.00. The Balaban J connectivity index is 1.85. The smallest absolute Gasteiger partial charge is 0.141 e. The van der Waals surface area contributed by atoms with Crippen molar-refractivity contribution in [1.82, 2.24) is 9.97 Å². The van der Waals surface area contributed by atoms with Crippen LogP contribution >= 0.6 is 11.3 Å². The van der Waals surface area contributed by atoms with Gasteiger partial charge in [0.25, 0.3) is 0 Å². The van der Waals surface area contributed by atoms with Crippen LogP contribution < -0.4 is 4.90 Å². The predicted octanol–water partition coefficient (Wildman–Crippen LogP) is 3.46. The summed E-state index contributed by atoms with van der Waals surface area (Å²) in [5, 5.41) is 13.0. The summed E-state index contributed by atoms with van der Waals surface area (Å²) < 4.78 is 13.2. The number of benzene rings is 1. The fourth-order valence-electron chi connectivity index (χ4n) is 3.09. The van der Waals surface area contributed by atoms with Crippen molar-refractivity contribution in [1.29, 1.82) is 0 Å². The van der Waals surface area contributed by atoms with Crippen LogP contribution in [-0.4, -0.2) is 34.3 Å². The minimum absolute atomic E-state index is 0.246. The molecule has 1 aromatic carbocycles. The van der Waals surface area contributed by atoms with Gasteiger partial charge in [-0.3, -0.25) is 0 Å². The summed E-state index contributed by atoms with van der Waals surface area (Å²) in [6.45, 7) is 1.46. The molecule has 0 aliphatic carbocycles. The minimum atomic E-state index is -0.318. The normalized spacial score (nSPS) is 18.5. The van der Waals surface area contributed by atoms with Gasteiger partial charge in [0, 0.05) is 24.0 Å². The number of fused-ring (bicyclic) bond motifs is 1. The van der Waals surface area contributed by atoms with Gasteiger partial charge in [-0.25, -0.2) is 14.4 Å². The first-order valence-corrected chi connectivity index (χ1v) is 8.51. The second kappa shape index (κ2) is 5.86. The van der Waals surface area contributed by atoms with E-state index in [1.165, 1.54) is 12.1 Å². The quantitative estimate of drug-likeness (QED) is 0.782. The van der Waals surface area contributed by atoms with Gasteiger partial charge >= 0.3 is 0 Å². The van der Waals surface area contributed by atoms with Gasteiger partial charge in [-0.15, -0.1) is 11.3 Å². The van der Waals surface area contributed by atoms with Crippen LogP contribution in [-0.2, 0) is 0 Å². The first-order valence-electron chi connectivity index (χ1n) is 7.63. The maximum atomic E-state index is 13.2. The summed E-state index contributed by atoms with van der Waals surface area (Å²) in [4.78, 5) is 11.9. The molecule has 3 heterocycles. The second-order valence-electron chi connectivity index (χ2n) is 5.78. The van der Waals surface area contributed by atoms with Crippen LogP contribution in [0, 0.1) is 5.82 Å². The first kappa shape index (κ1) is 14.5. The van der Waals surface area contributed by atoms with E-state index in [9.17, 15) is 9.50 Å². The van der Waals surface area contributed by atoms with E-state index in [0.29, 0.717) is 6.54 Å². The summed E-state index contributed by atoms with van der Waals surface area (Å²) in [6.07, 6.45) is 3.03. The number of aliphatic hydroxyl groups is 1. The number of halogens is 1. The van der Waals surface area contributed by atoms with E-state index in [1.54, 1.807) is 29.8 Å². The maximum absolute atomic E-state index is 13.2. The number of aliphatic hydroxyl groups excluding tert-OH is 1. The molecule has 1 atom stereocenters. The standard InChI is InChI=1S/C17H16FN3OS/c18-12-5-3-11(4-6-12)14-9-23-17-15(14)16(19-10-20-17)21-7-1-2-13(22)8-21/h3-6,9-10,13,22H,1-2,7-8H2/t13-/m0/s1. The molecule has 0 radical (unpaired) electrons. The molecule has 4 nitrogen and oxygen atoms in total. The minimum Gasteiger partial charge on any atom is -0.391 e. The van der Waals surface area contributed by atoms with Gasteiger partial charge in [0.1, 0.15) is 22.8 Å². The lowest BCUT2D eigenvalue weighted by atomic mass is 10.0. The molecule has 118 valence electrons. The zero-order chi connectivity index (χ0) is 15.8. The van der Waals surface area contributed by atoms with Crippen molar-refractivity contribution in [3.8, 4) is 11.1 Å². The number of aromatic nitrogens is 2. The van der Waals surface area contributed by atoms with Gasteiger partial charge in [-0.2, -0.15) is 0 Å². The molecular formula is C17H16FN3OS. The average Bonchev–Trinajstić information content (AvgIpc) is 3.00. The maximum Gasteiger partial charge on any atom is 0.141 e. The van der Waals surface area contributed by atoms with Crippen molar-refractivity contribution < 1.29 is 9.50 Å². The Morgan fingerprint density at radius 2 is 2.04 bits per heavy atom. The lowest BCUT2D eigenvalue weighted by Crippen LogP contribution is -2.38. The number of thiophene rings is 1. The van der Waals surface area contributed by atoms with Crippen molar-refractivity contribution in [2.75, 3.05) is 18.0 Å². The molecule has 1 N–H and O–H groups in total. The van der Waals surface area contributed by atoms with Crippen molar-refractivity contribution in [2.24, 2.45) is 0 Å². The average molecular weight is 329 g/mol. The SMILES string of the molecule is O[C@H]1CCCN(c2ncnc3scc(-c4ccc(F)cc4)c23)C1. The molecule has 4 rings (SSSR count). The Labute approximate surface area is 137 Å². The highest BCUT2D eigenvalue weighted by Crippen LogP contribution is 2.38. The molecule has 1 aliphatic heterocycles. The van der Waals surface area contributed by atoms with E-state index in [1.807, 2.05) is 5.38 Å². The van der Waals surface area contributed by atoms with E-state index in [2.05, 4.69) is 14.9 Å².